The predicted octanol–water partition coefficient (Wildman–Crippen LogP) is 2.83. The Morgan fingerprint density at radius 3 is 2.45 bits per heavy atom. The fourth-order valence-electron chi connectivity index (χ4n) is 2.78. The number of ether oxygens (including phenoxy) is 2. The Balaban J connectivity index is 1.95. The number of carbonyl (C=O) groups is 1. The minimum Gasteiger partial charge on any atom is -0.497 e. The number of aryl methyl sites for hydroxylation is 1. The molecule has 0 bridgehead atoms. The molecule has 0 spiro atoms. The van der Waals surface area contributed by atoms with Crippen LogP contribution < -0.4 is 20.3 Å². The largest absolute Gasteiger partial charge is 0.497 e. The van der Waals surface area contributed by atoms with Crippen LogP contribution in [0.4, 0.5) is 5.82 Å². The van der Waals surface area contributed by atoms with Gasteiger partial charge in [-0.05, 0) is 55.8 Å². The van der Waals surface area contributed by atoms with E-state index in [1.54, 1.807) is 50.6 Å². The molecule has 1 amide bonds. The Morgan fingerprint density at radius 2 is 1.83 bits per heavy atom. The van der Waals surface area contributed by atoms with Gasteiger partial charge in [0.25, 0.3) is 5.56 Å². The molecule has 1 aromatic carbocycles. The maximum atomic E-state index is 12.7. The molecule has 0 radical (unpaired) electrons. The number of anilines is 1. The lowest BCUT2D eigenvalue weighted by Gasteiger charge is -2.16. The Kier molecular flexibility index (Phi) is 5.92. The third kappa shape index (κ3) is 4.43. The van der Waals surface area contributed by atoms with Gasteiger partial charge in [-0.2, -0.15) is 5.10 Å². The molecule has 0 saturated heterocycles. The van der Waals surface area contributed by atoms with E-state index in [4.69, 9.17) is 9.47 Å². The van der Waals surface area contributed by atoms with Crippen LogP contribution in [0.3, 0.4) is 0 Å². The maximum absolute atomic E-state index is 12.7. The molecule has 29 heavy (non-hydrogen) atoms. The molecule has 2 aromatic heterocycles. The Labute approximate surface area is 168 Å². The second-order valence-corrected chi connectivity index (χ2v) is 6.46. The number of nitrogens with zero attached hydrogens (tertiary/aromatic N) is 3. The molecule has 3 rings (SSSR count). The van der Waals surface area contributed by atoms with Gasteiger partial charge in [-0.1, -0.05) is 0 Å². The van der Waals surface area contributed by atoms with Crippen molar-refractivity contribution in [1.82, 2.24) is 14.8 Å². The van der Waals surface area contributed by atoms with Crippen LogP contribution in [0, 0.1) is 6.92 Å². The number of rotatable bonds is 6. The van der Waals surface area contributed by atoms with Crippen LogP contribution in [-0.4, -0.2) is 34.9 Å². The van der Waals surface area contributed by atoms with Crippen molar-refractivity contribution in [1.29, 1.82) is 0 Å². The molecule has 1 atom stereocenters. The van der Waals surface area contributed by atoms with Crippen molar-refractivity contribution in [3.05, 3.63) is 64.6 Å². The lowest BCUT2D eigenvalue weighted by molar-refractivity contribution is -0.119. The zero-order valence-corrected chi connectivity index (χ0v) is 16.7. The molecule has 2 heterocycles. The normalized spacial score (nSPS) is 11.6. The Bertz CT molecular complexity index is 1080. The molecule has 150 valence electrons. The van der Waals surface area contributed by atoms with Crippen LogP contribution in [0.5, 0.6) is 11.5 Å². The minimum absolute atomic E-state index is 0.323. The molecule has 0 saturated carbocycles. The summed E-state index contributed by atoms with van der Waals surface area (Å²) in [5.74, 6) is 1.03. The summed E-state index contributed by atoms with van der Waals surface area (Å²) in [4.78, 5) is 29.3. The van der Waals surface area contributed by atoms with Crippen molar-refractivity contribution in [2.75, 3.05) is 19.5 Å². The highest BCUT2D eigenvalue weighted by Crippen LogP contribution is 2.28. The number of carbonyl (C=O) groups excluding carboxylic acids is 1. The molecule has 0 fully saturated rings. The van der Waals surface area contributed by atoms with Gasteiger partial charge in [0, 0.05) is 17.8 Å². The molecule has 0 aliphatic rings. The van der Waals surface area contributed by atoms with Gasteiger partial charge in [0.2, 0.25) is 5.91 Å². The summed E-state index contributed by atoms with van der Waals surface area (Å²) >= 11 is 0. The molecule has 8 heteroatoms. The second kappa shape index (κ2) is 8.55. The number of hydrogen-bond acceptors (Lipinski definition) is 6. The van der Waals surface area contributed by atoms with E-state index >= 15 is 0 Å². The third-order valence-electron chi connectivity index (χ3n) is 4.42. The number of benzene rings is 1. The average Bonchev–Trinajstić information content (AvgIpc) is 2.73. The van der Waals surface area contributed by atoms with Gasteiger partial charge < -0.3 is 14.8 Å². The van der Waals surface area contributed by atoms with Crippen molar-refractivity contribution >= 4 is 11.7 Å². The van der Waals surface area contributed by atoms with Gasteiger partial charge >= 0.3 is 0 Å². The number of amides is 1. The smallest absolute Gasteiger partial charge is 0.271 e. The summed E-state index contributed by atoms with van der Waals surface area (Å²) in [6.07, 6.45) is 1.61. The highest BCUT2D eigenvalue weighted by Gasteiger charge is 2.21. The zero-order valence-electron chi connectivity index (χ0n) is 16.7. The summed E-state index contributed by atoms with van der Waals surface area (Å²) in [6, 6.07) is 11.2. The fourth-order valence-corrected chi connectivity index (χ4v) is 2.78. The molecule has 3 aromatic rings. The van der Waals surface area contributed by atoms with Crippen molar-refractivity contribution < 1.29 is 14.3 Å². The van der Waals surface area contributed by atoms with Crippen LogP contribution in [0.2, 0.25) is 0 Å². The predicted molar refractivity (Wildman–Crippen MR) is 109 cm³/mol. The van der Waals surface area contributed by atoms with Crippen LogP contribution >= 0.6 is 0 Å². The third-order valence-corrected chi connectivity index (χ3v) is 4.42. The summed E-state index contributed by atoms with van der Waals surface area (Å²) in [5.41, 5.74) is 1.69. The van der Waals surface area contributed by atoms with Gasteiger partial charge in [-0.3, -0.25) is 9.59 Å². The molecule has 0 aliphatic carbocycles. The number of pyridine rings is 1. The molecular weight excluding hydrogens is 372 g/mol. The average molecular weight is 394 g/mol. The van der Waals surface area contributed by atoms with Crippen molar-refractivity contribution in [2.45, 2.75) is 19.9 Å². The van der Waals surface area contributed by atoms with E-state index in [0.29, 0.717) is 23.0 Å². The van der Waals surface area contributed by atoms with Gasteiger partial charge in [0.05, 0.1) is 14.2 Å². The van der Waals surface area contributed by atoms with Crippen LogP contribution in [-0.2, 0) is 4.79 Å². The lowest BCUT2D eigenvalue weighted by atomic mass is 10.1. The second-order valence-electron chi connectivity index (χ2n) is 6.46. The van der Waals surface area contributed by atoms with Gasteiger partial charge in [-0.25, -0.2) is 9.67 Å². The van der Waals surface area contributed by atoms with E-state index in [1.807, 2.05) is 13.0 Å². The number of methoxy groups -OCH3 is 2. The number of aromatic nitrogens is 3. The van der Waals surface area contributed by atoms with E-state index in [9.17, 15) is 9.59 Å². The first-order chi connectivity index (χ1) is 13.9. The zero-order chi connectivity index (χ0) is 21.0. The molecule has 0 aliphatic heterocycles. The van der Waals surface area contributed by atoms with Gasteiger partial charge in [0.1, 0.15) is 23.3 Å². The topological polar surface area (TPSA) is 95.3 Å². The standard InChI is InChI=1S/C21H22N4O4/c1-13-9-10-22-18(11-13)23-21(27)14(2)25-19(26)12-17(29-4)20(24-25)15-5-7-16(28-3)8-6-15/h5-12,14H,1-4H3,(H,22,23,27). The Hall–Kier alpha value is -3.68. The summed E-state index contributed by atoms with van der Waals surface area (Å²) in [7, 11) is 3.05. The van der Waals surface area contributed by atoms with E-state index < -0.39 is 17.5 Å². The van der Waals surface area contributed by atoms with Crippen LogP contribution in [0.25, 0.3) is 11.3 Å². The first-order valence-corrected chi connectivity index (χ1v) is 8.98. The molecule has 1 N–H and O–H groups in total. The maximum Gasteiger partial charge on any atom is 0.271 e. The first-order valence-electron chi connectivity index (χ1n) is 8.98. The van der Waals surface area contributed by atoms with E-state index in [0.717, 1.165) is 15.8 Å². The van der Waals surface area contributed by atoms with Crippen molar-refractivity contribution in [2.24, 2.45) is 0 Å². The molecule has 8 nitrogen and oxygen atoms in total. The number of hydrogen-bond donors (Lipinski definition) is 1. The van der Waals surface area contributed by atoms with E-state index in [2.05, 4.69) is 15.4 Å². The lowest BCUT2D eigenvalue weighted by Crippen LogP contribution is -2.33. The monoisotopic (exact) mass is 394 g/mol. The molecule has 1 unspecified atom stereocenters. The summed E-state index contributed by atoms with van der Waals surface area (Å²) in [5, 5.41) is 7.12. The van der Waals surface area contributed by atoms with E-state index in [-0.39, 0.29) is 0 Å². The van der Waals surface area contributed by atoms with Gasteiger partial charge in [0.15, 0.2) is 5.75 Å². The Morgan fingerprint density at radius 1 is 1.10 bits per heavy atom. The first kappa shape index (κ1) is 20.1. The minimum atomic E-state index is -0.854. The van der Waals surface area contributed by atoms with E-state index in [1.165, 1.54) is 13.2 Å². The summed E-state index contributed by atoms with van der Waals surface area (Å²) < 4.78 is 11.6. The number of nitrogens with one attached hydrogen (secondary N) is 1. The quantitative estimate of drug-likeness (QED) is 0.691. The van der Waals surface area contributed by atoms with Crippen LogP contribution in [0.15, 0.2) is 53.5 Å². The van der Waals surface area contributed by atoms with Crippen LogP contribution in [0.1, 0.15) is 18.5 Å². The highest BCUT2D eigenvalue weighted by atomic mass is 16.5. The van der Waals surface area contributed by atoms with Crippen molar-refractivity contribution in [3.63, 3.8) is 0 Å². The molecular formula is C21H22N4O4. The van der Waals surface area contributed by atoms with Crippen molar-refractivity contribution in [3.8, 4) is 22.8 Å². The van der Waals surface area contributed by atoms with Gasteiger partial charge in [-0.15, -0.1) is 0 Å². The fraction of sp³-hybridized carbons (Fsp3) is 0.238. The highest BCUT2D eigenvalue weighted by molar-refractivity contribution is 5.92. The summed E-state index contributed by atoms with van der Waals surface area (Å²) in [6.45, 7) is 3.50. The SMILES string of the molecule is COc1ccc(-c2nn(C(C)C(=O)Nc3cc(C)ccn3)c(=O)cc2OC)cc1.